The van der Waals surface area contributed by atoms with Crippen molar-refractivity contribution in [3.63, 3.8) is 0 Å². The first kappa shape index (κ1) is 11.8. The fraction of sp³-hybridized carbons (Fsp3) is 0.571. The SMILES string of the molecule is C#CC(COC)NC(=O)C(F)(F)F. The van der Waals surface area contributed by atoms with E-state index in [1.54, 1.807) is 5.32 Å². The predicted molar refractivity (Wildman–Crippen MR) is 38.7 cm³/mol. The fourth-order valence-corrected chi connectivity index (χ4v) is 0.538. The molecule has 0 rings (SSSR count). The topological polar surface area (TPSA) is 38.3 Å². The van der Waals surface area contributed by atoms with Crippen LogP contribution in [0.5, 0.6) is 0 Å². The molecule has 3 nitrogen and oxygen atoms in total. The monoisotopic (exact) mass is 195 g/mol. The summed E-state index contributed by atoms with van der Waals surface area (Å²) in [5, 5.41) is 1.58. The van der Waals surface area contributed by atoms with E-state index in [-0.39, 0.29) is 6.61 Å². The Labute approximate surface area is 73.2 Å². The van der Waals surface area contributed by atoms with Crippen LogP contribution in [0.1, 0.15) is 0 Å². The highest BCUT2D eigenvalue weighted by molar-refractivity contribution is 5.82. The van der Waals surface area contributed by atoms with E-state index in [1.165, 1.54) is 7.11 Å². The third-order valence-corrected chi connectivity index (χ3v) is 1.10. The van der Waals surface area contributed by atoms with E-state index in [2.05, 4.69) is 4.74 Å². The molecule has 0 aliphatic carbocycles. The lowest BCUT2D eigenvalue weighted by Gasteiger charge is -2.13. The van der Waals surface area contributed by atoms with Crippen LogP contribution in [0, 0.1) is 12.3 Å². The summed E-state index contributed by atoms with van der Waals surface area (Å²) in [4.78, 5) is 10.3. The highest BCUT2D eigenvalue weighted by Gasteiger charge is 2.39. The lowest BCUT2D eigenvalue weighted by atomic mass is 10.3. The summed E-state index contributed by atoms with van der Waals surface area (Å²) in [6.07, 6.45) is -0.0755. The summed E-state index contributed by atoms with van der Waals surface area (Å²) in [6, 6.07) is -1.06. The number of halogens is 3. The minimum atomic E-state index is -4.91. The Morgan fingerprint density at radius 1 is 1.69 bits per heavy atom. The molecule has 0 heterocycles. The number of rotatable bonds is 3. The summed E-state index contributed by atoms with van der Waals surface area (Å²) in [7, 11) is 1.27. The van der Waals surface area contributed by atoms with Crippen LogP contribution in [0.3, 0.4) is 0 Å². The molecule has 0 saturated carbocycles. The molecule has 1 amide bonds. The second-order valence-corrected chi connectivity index (χ2v) is 2.15. The van der Waals surface area contributed by atoms with Crippen LogP contribution in [0.15, 0.2) is 0 Å². The maximum atomic E-state index is 11.7. The number of hydrogen-bond donors (Lipinski definition) is 1. The average Bonchev–Trinajstić information content (AvgIpc) is 2.01. The number of ether oxygens (including phenoxy) is 1. The van der Waals surface area contributed by atoms with Gasteiger partial charge in [0.15, 0.2) is 0 Å². The number of hydrogen-bond acceptors (Lipinski definition) is 2. The molecular weight excluding hydrogens is 187 g/mol. The van der Waals surface area contributed by atoms with Crippen molar-refractivity contribution in [3.05, 3.63) is 0 Å². The van der Waals surface area contributed by atoms with Gasteiger partial charge in [0.2, 0.25) is 0 Å². The summed E-state index contributed by atoms with van der Waals surface area (Å²) in [5.74, 6) is -0.113. The first-order valence-corrected chi connectivity index (χ1v) is 3.24. The third-order valence-electron chi connectivity index (χ3n) is 1.10. The van der Waals surface area contributed by atoms with Gasteiger partial charge in [-0.1, -0.05) is 5.92 Å². The molecule has 0 aliphatic heterocycles. The number of carbonyl (C=O) groups excluding carboxylic acids is 1. The minimum absolute atomic E-state index is 0.154. The van der Waals surface area contributed by atoms with Crippen molar-refractivity contribution in [3.8, 4) is 12.3 Å². The largest absolute Gasteiger partial charge is 0.471 e. The first-order valence-electron chi connectivity index (χ1n) is 3.24. The van der Waals surface area contributed by atoms with Gasteiger partial charge >= 0.3 is 12.1 Å². The summed E-state index contributed by atoms with van der Waals surface area (Å²) in [5.41, 5.74) is 0. The smallest absolute Gasteiger partial charge is 0.382 e. The van der Waals surface area contributed by atoms with E-state index in [4.69, 9.17) is 6.42 Å². The Morgan fingerprint density at radius 2 is 2.23 bits per heavy atom. The molecule has 0 aromatic heterocycles. The Hall–Kier alpha value is -1.22. The normalized spacial score (nSPS) is 13.2. The number of terminal acetylenes is 1. The molecule has 74 valence electrons. The van der Waals surface area contributed by atoms with Crippen molar-refractivity contribution in [2.75, 3.05) is 13.7 Å². The molecular formula is C7H8F3NO2. The highest BCUT2D eigenvalue weighted by atomic mass is 19.4. The van der Waals surface area contributed by atoms with Crippen molar-refractivity contribution in [1.82, 2.24) is 5.32 Å². The van der Waals surface area contributed by atoms with Crippen molar-refractivity contribution in [2.24, 2.45) is 0 Å². The molecule has 0 aromatic rings. The predicted octanol–water partition coefficient (Wildman–Crippen LogP) is 0.313. The fourth-order valence-electron chi connectivity index (χ4n) is 0.538. The zero-order valence-corrected chi connectivity index (χ0v) is 6.81. The van der Waals surface area contributed by atoms with Gasteiger partial charge in [-0.05, 0) is 0 Å². The molecule has 0 saturated heterocycles. The zero-order valence-electron chi connectivity index (χ0n) is 6.81. The molecule has 0 bridgehead atoms. The van der Waals surface area contributed by atoms with Gasteiger partial charge in [0.1, 0.15) is 6.04 Å². The molecule has 0 fully saturated rings. The van der Waals surface area contributed by atoms with Crippen LogP contribution >= 0.6 is 0 Å². The van der Waals surface area contributed by atoms with Gasteiger partial charge in [0.05, 0.1) is 6.61 Å². The van der Waals surface area contributed by atoms with Gasteiger partial charge in [-0.15, -0.1) is 6.42 Å². The number of nitrogens with one attached hydrogen (secondary N) is 1. The lowest BCUT2D eigenvalue weighted by molar-refractivity contribution is -0.174. The third kappa shape index (κ3) is 4.38. The number of carbonyl (C=O) groups is 1. The quantitative estimate of drug-likeness (QED) is 0.658. The Kier molecular flexibility index (Phi) is 4.28. The lowest BCUT2D eigenvalue weighted by Crippen LogP contribution is -2.44. The van der Waals surface area contributed by atoms with Gasteiger partial charge < -0.3 is 10.1 Å². The molecule has 1 N–H and O–H groups in total. The second-order valence-electron chi connectivity index (χ2n) is 2.15. The first-order chi connectivity index (χ1) is 5.91. The Morgan fingerprint density at radius 3 is 2.54 bits per heavy atom. The van der Waals surface area contributed by atoms with E-state index in [0.29, 0.717) is 0 Å². The van der Waals surface area contributed by atoms with Crippen LogP contribution in [0.4, 0.5) is 13.2 Å². The molecule has 0 aliphatic rings. The number of alkyl halides is 3. The van der Waals surface area contributed by atoms with Gasteiger partial charge in [-0.2, -0.15) is 13.2 Å². The van der Waals surface area contributed by atoms with Gasteiger partial charge in [0.25, 0.3) is 0 Å². The summed E-state index contributed by atoms with van der Waals surface area (Å²) < 4.78 is 39.5. The van der Waals surface area contributed by atoms with Crippen LogP contribution < -0.4 is 5.32 Å². The van der Waals surface area contributed by atoms with E-state index >= 15 is 0 Å². The highest BCUT2D eigenvalue weighted by Crippen LogP contribution is 2.14. The van der Waals surface area contributed by atoms with Crippen molar-refractivity contribution < 1.29 is 22.7 Å². The van der Waals surface area contributed by atoms with E-state index in [0.717, 1.165) is 0 Å². The molecule has 13 heavy (non-hydrogen) atoms. The Bertz CT molecular complexity index is 219. The standard InChI is InChI=1S/C7H8F3NO2/c1-3-5(4-13-2)11-6(12)7(8,9)10/h1,5H,4H2,2H3,(H,11,12). The zero-order chi connectivity index (χ0) is 10.5. The van der Waals surface area contributed by atoms with E-state index in [1.807, 2.05) is 5.92 Å². The molecule has 0 spiro atoms. The molecule has 0 aromatic carbocycles. The second kappa shape index (κ2) is 4.72. The summed E-state index contributed by atoms with van der Waals surface area (Å²) in [6.45, 7) is -0.154. The number of amides is 1. The van der Waals surface area contributed by atoms with Crippen LogP contribution in [-0.2, 0) is 9.53 Å². The number of methoxy groups -OCH3 is 1. The Balaban J connectivity index is 4.12. The molecule has 6 heteroatoms. The maximum absolute atomic E-state index is 11.7. The van der Waals surface area contributed by atoms with Gasteiger partial charge in [-0.25, -0.2) is 0 Å². The minimum Gasteiger partial charge on any atom is -0.382 e. The van der Waals surface area contributed by atoms with Gasteiger partial charge in [0, 0.05) is 7.11 Å². The average molecular weight is 195 g/mol. The molecule has 1 unspecified atom stereocenters. The summed E-state index contributed by atoms with van der Waals surface area (Å²) >= 11 is 0. The van der Waals surface area contributed by atoms with Crippen molar-refractivity contribution in [2.45, 2.75) is 12.2 Å². The van der Waals surface area contributed by atoms with Crippen LogP contribution in [0.2, 0.25) is 0 Å². The van der Waals surface area contributed by atoms with E-state index in [9.17, 15) is 18.0 Å². The maximum Gasteiger partial charge on any atom is 0.471 e. The molecule has 0 radical (unpaired) electrons. The molecule has 1 atom stereocenters. The van der Waals surface area contributed by atoms with Crippen LogP contribution in [-0.4, -0.2) is 31.8 Å². The van der Waals surface area contributed by atoms with Crippen LogP contribution in [0.25, 0.3) is 0 Å². The van der Waals surface area contributed by atoms with E-state index < -0.39 is 18.1 Å². The van der Waals surface area contributed by atoms with Gasteiger partial charge in [-0.3, -0.25) is 4.79 Å². The van der Waals surface area contributed by atoms with Crippen molar-refractivity contribution >= 4 is 5.91 Å². The van der Waals surface area contributed by atoms with Crippen molar-refractivity contribution in [1.29, 1.82) is 0 Å².